The SMILES string of the molecule is CC(Br)(Br)C(Br)(Br)C(O)O. The Balaban J connectivity index is 4.40. The predicted molar refractivity (Wildman–Crippen MR) is 55.1 cm³/mol. The standard InChI is InChI=1S/C4H6Br4O2/c1-3(5,6)4(7,8)2(9)10/h2,9-10H,1H3. The third kappa shape index (κ3) is 2.71. The molecule has 6 heteroatoms. The van der Waals surface area contributed by atoms with Crippen LogP contribution in [0, 0.1) is 0 Å². The van der Waals surface area contributed by atoms with Crippen molar-refractivity contribution in [3.8, 4) is 0 Å². The normalized spacial score (nSPS) is 14.4. The molecule has 0 rings (SSSR count). The predicted octanol–water partition coefficient (Wildman–Crippen LogP) is 2.29. The van der Waals surface area contributed by atoms with Crippen molar-refractivity contribution in [3.63, 3.8) is 0 Å². The zero-order valence-corrected chi connectivity index (χ0v) is 11.3. The van der Waals surface area contributed by atoms with E-state index in [0.29, 0.717) is 0 Å². The van der Waals surface area contributed by atoms with Gasteiger partial charge in [-0.25, -0.2) is 0 Å². The third-order valence-electron chi connectivity index (χ3n) is 0.910. The first-order chi connectivity index (χ1) is 4.19. The topological polar surface area (TPSA) is 40.5 Å². The van der Waals surface area contributed by atoms with Gasteiger partial charge in [-0.2, -0.15) is 0 Å². The van der Waals surface area contributed by atoms with Crippen LogP contribution < -0.4 is 0 Å². The van der Waals surface area contributed by atoms with E-state index in [2.05, 4.69) is 63.7 Å². The Morgan fingerprint density at radius 3 is 1.40 bits per heavy atom. The van der Waals surface area contributed by atoms with Crippen molar-refractivity contribution < 1.29 is 10.2 Å². The number of aliphatic hydroxyl groups is 2. The fourth-order valence-corrected chi connectivity index (χ4v) is 0.636. The smallest absolute Gasteiger partial charge is 0.179 e. The van der Waals surface area contributed by atoms with Gasteiger partial charge in [0.25, 0.3) is 0 Å². The second-order valence-electron chi connectivity index (χ2n) is 1.89. The van der Waals surface area contributed by atoms with Crippen molar-refractivity contribution in [3.05, 3.63) is 0 Å². The summed E-state index contributed by atoms with van der Waals surface area (Å²) in [4.78, 5) is 0. The fourth-order valence-electron chi connectivity index (χ4n) is 0.227. The summed E-state index contributed by atoms with van der Waals surface area (Å²) in [6.45, 7) is 1.73. The minimum Gasteiger partial charge on any atom is -0.366 e. The number of aliphatic hydroxyl groups excluding tert-OH is 1. The quantitative estimate of drug-likeness (QED) is 0.547. The molecule has 2 N–H and O–H groups in total. The van der Waals surface area contributed by atoms with Gasteiger partial charge in [-0.05, 0) is 6.92 Å². The number of hydrogen-bond acceptors (Lipinski definition) is 2. The Morgan fingerprint density at radius 1 is 1.10 bits per heavy atom. The van der Waals surface area contributed by atoms with Crippen LogP contribution in [0.15, 0.2) is 0 Å². The molecule has 2 nitrogen and oxygen atoms in total. The van der Waals surface area contributed by atoms with Crippen LogP contribution in [0.4, 0.5) is 0 Å². The highest BCUT2D eigenvalue weighted by Gasteiger charge is 2.46. The third-order valence-corrected chi connectivity index (χ3v) is 6.69. The molecule has 0 aromatic rings. The van der Waals surface area contributed by atoms with Gasteiger partial charge in [0.05, 0.1) is 0 Å². The lowest BCUT2D eigenvalue weighted by Crippen LogP contribution is -2.42. The molecule has 0 aliphatic carbocycles. The Morgan fingerprint density at radius 2 is 1.40 bits per heavy atom. The first-order valence-electron chi connectivity index (χ1n) is 2.31. The highest BCUT2D eigenvalue weighted by molar-refractivity contribution is 9.30. The van der Waals surface area contributed by atoms with Gasteiger partial charge in [-0.3, -0.25) is 0 Å². The molecule has 0 atom stereocenters. The summed E-state index contributed by atoms with van der Waals surface area (Å²) in [6, 6.07) is 0. The Hall–Kier alpha value is 1.84. The van der Waals surface area contributed by atoms with E-state index in [1.165, 1.54) is 0 Å². The molecule has 0 aromatic carbocycles. The molecule has 0 unspecified atom stereocenters. The maximum atomic E-state index is 8.82. The van der Waals surface area contributed by atoms with E-state index in [1.54, 1.807) is 6.92 Å². The largest absolute Gasteiger partial charge is 0.366 e. The van der Waals surface area contributed by atoms with Gasteiger partial charge >= 0.3 is 0 Å². The van der Waals surface area contributed by atoms with E-state index in [0.717, 1.165) is 0 Å². The van der Waals surface area contributed by atoms with Crippen molar-refractivity contribution in [1.82, 2.24) is 0 Å². The van der Waals surface area contributed by atoms with Gasteiger partial charge in [0.1, 0.15) is 3.23 Å². The van der Waals surface area contributed by atoms with E-state index in [-0.39, 0.29) is 0 Å². The summed E-state index contributed by atoms with van der Waals surface area (Å²) in [6.07, 6.45) is -1.50. The first-order valence-corrected chi connectivity index (χ1v) is 5.48. The molecule has 0 fully saturated rings. The van der Waals surface area contributed by atoms with Crippen LogP contribution in [0.2, 0.25) is 0 Å². The maximum Gasteiger partial charge on any atom is 0.179 e. The van der Waals surface area contributed by atoms with Crippen LogP contribution in [0.3, 0.4) is 0 Å². The number of halogens is 4. The van der Waals surface area contributed by atoms with Crippen LogP contribution in [0.5, 0.6) is 0 Å². The number of alkyl halides is 4. The van der Waals surface area contributed by atoms with Gasteiger partial charge in [0.2, 0.25) is 0 Å². The summed E-state index contributed by atoms with van der Waals surface area (Å²) < 4.78 is -1.62. The minimum absolute atomic E-state index is 0.624. The second kappa shape index (κ2) is 3.70. The lowest BCUT2D eigenvalue weighted by Gasteiger charge is -2.32. The van der Waals surface area contributed by atoms with Crippen LogP contribution in [-0.2, 0) is 0 Å². The van der Waals surface area contributed by atoms with E-state index < -0.39 is 12.8 Å². The van der Waals surface area contributed by atoms with Crippen LogP contribution >= 0.6 is 63.7 Å². The van der Waals surface area contributed by atoms with Crippen LogP contribution in [0.1, 0.15) is 6.92 Å². The Kier molecular flexibility index (Phi) is 4.38. The van der Waals surface area contributed by atoms with Crippen molar-refractivity contribution >= 4 is 63.7 Å². The molecule has 0 spiro atoms. The summed E-state index contributed by atoms with van der Waals surface area (Å²) in [5, 5.41) is 17.6. The molecule has 0 aliphatic rings. The monoisotopic (exact) mass is 402 g/mol. The Labute approximate surface area is 92.9 Å². The molecule has 0 aliphatic heterocycles. The average molecular weight is 406 g/mol. The van der Waals surface area contributed by atoms with E-state index >= 15 is 0 Å². The van der Waals surface area contributed by atoms with Crippen LogP contribution in [-0.4, -0.2) is 23.0 Å². The highest BCUT2D eigenvalue weighted by Crippen LogP contribution is 2.49. The van der Waals surface area contributed by atoms with Crippen molar-refractivity contribution in [2.24, 2.45) is 0 Å². The molecule has 0 bridgehead atoms. The molecule has 0 radical (unpaired) electrons. The zero-order chi connectivity index (χ0) is 8.58. The fraction of sp³-hybridized carbons (Fsp3) is 1.00. The molecule has 0 heterocycles. The van der Waals surface area contributed by atoms with Gasteiger partial charge in [-0.15, -0.1) is 0 Å². The second-order valence-corrected chi connectivity index (χ2v) is 9.69. The highest BCUT2D eigenvalue weighted by atomic mass is 79.9. The van der Waals surface area contributed by atoms with E-state index in [9.17, 15) is 0 Å². The summed E-state index contributed by atoms with van der Waals surface area (Å²) in [7, 11) is 0. The van der Waals surface area contributed by atoms with Crippen molar-refractivity contribution in [2.45, 2.75) is 19.7 Å². The minimum atomic E-state index is -1.50. The molecule has 0 saturated heterocycles. The number of rotatable bonds is 2. The Bertz CT molecular complexity index is 117. The average Bonchev–Trinajstić information content (AvgIpc) is 1.62. The molecule has 62 valence electrons. The van der Waals surface area contributed by atoms with Crippen molar-refractivity contribution in [1.29, 1.82) is 0 Å². The number of hydrogen-bond donors (Lipinski definition) is 2. The van der Waals surface area contributed by atoms with Crippen molar-refractivity contribution in [2.75, 3.05) is 0 Å². The van der Waals surface area contributed by atoms with E-state index in [1.807, 2.05) is 0 Å². The molecular formula is C4H6Br4O2. The molecule has 0 amide bonds. The first kappa shape index (κ1) is 11.8. The van der Waals surface area contributed by atoms with Gasteiger partial charge in [0, 0.05) is 0 Å². The molecule has 10 heavy (non-hydrogen) atoms. The lowest BCUT2D eigenvalue weighted by atomic mass is 10.3. The maximum absolute atomic E-state index is 8.82. The van der Waals surface area contributed by atoms with Crippen LogP contribution in [0.25, 0.3) is 0 Å². The van der Waals surface area contributed by atoms with Gasteiger partial charge in [0.15, 0.2) is 9.52 Å². The molecular weight excluding hydrogens is 400 g/mol. The molecule has 0 saturated carbocycles. The van der Waals surface area contributed by atoms with Gasteiger partial charge in [-0.1, -0.05) is 63.7 Å². The van der Waals surface area contributed by atoms with E-state index in [4.69, 9.17) is 10.2 Å². The zero-order valence-electron chi connectivity index (χ0n) is 4.98. The summed E-state index contributed by atoms with van der Waals surface area (Å²) in [5.41, 5.74) is 0. The van der Waals surface area contributed by atoms with Gasteiger partial charge < -0.3 is 10.2 Å². The lowest BCUT2D eigenvalue weighted by molar-refractivity contribution is -0.0450. The molecule has 0 aromatic heterocycles. The summed E-state index contributed by atoms with van der Waals surface area (Å²) in [5.74, 6) is 0. The summed E-state index contributed by atoms with van der Waals surface area (Å²) >= 11 is 12.6.